The lowest BCUT2D eigenvalue weighted by Crippen LogP contribution is -2.17. The van der Waals surface area contributed by atoms with Gasteiger partial charge in [0.2, 0.25) is 5.95 Å². The summed E-state index contributed by atoms with van der Waals surface area (Å²) in [5, 5.41) is 3.93. The molecule has 2 rings (SSSR count). The van der Waals surface area contributed by atoms with E-state index in [2.05, 4.69) is 9.82 Å². The van der Waals surface area contributed by atoms with Crippen LogP contribution in [-0.2, 0) is 16.6 Å². The number of aryl methyl sites for hydroxylation is 2. The average Bonchev–Trinajstić information content (AvgIpc) is 2.81. The number of halogens is 1. The fourth-order valence-electron chi connectivity index (χ4n) is 2.49. The van der Waals surface area contributed by atoms with Crippen LogP contribution in [0.3, 0.4) is 0 Å². The minimum absolute atomic E-state index is 0.151. The zero-order chi connectivity index (χ0) is 17.2. The lowest BCUT2D eigenvalue weighted by atomic mass is 9.97. The van der Waals surface area contributed by atoms with E-state index < -0.39 is 20.9 Å². The highest BCUT2D eigenvalue weighted by Crippen LogP contribution is 2.29. The molecular weight excluding hydrogens is 317 g/mol. The lowest BCUT2D eigenvalue weighted by molar-refractivity contribution is 0.454. The van der Waals surface area contributed by atoms with E-state index >= 15 is 0 Å². The van der Waals surface area contributed by atoms with Gasteiger partial charge in [-0.1, -0.05) is 32.0 Å². The molecule has 5 nitrogen and oxygen atoms in total. The molecule has 1 aromatic carbocycles. The van der Waals surface area contributed by atoms with Crippen LogP contribution in [0, 0.1) is 12.9 Å². The largest absolute Gasteiger partial charge is 0.279 e. The van der Waals surface area contributed by atoms with Crippen LogP contribution in [0.25, 0.3) is 0 Å². The second-order valence-electron chi connectivity index (χ2n) is 5.52. The Balaban J connectivity index is 2.46. The van der Waals surface area contributed by atoms with Crippen molar-refractivity contribution in [2.45, 2.75) is 51.5 Å². The van der Waals surface area contributed by atoms with Gasteiger partial charge in [0.05, 0.1) is 11.4 Å². The van der Waals surface area contributed by atoms with E-state index in [1.165, 1.54) is 6.92 Å². The predicted molar refractivity (Wildman–Crippen MR) is 88.6 cm³/mol. The number of nitrogens with one attached hydrogen (secondary N) is 1. The lowest BCUT2D eigenvalue weighted by Gasteiger charge is -2.16. The van der Waals surface area contributed by atoms with Crippen molar-refractivity contribution in [1.29, 1.82) is 0 Å². The van der Waals surface area contributed by atoms with Gasteiger partial charge in [0.25, 0.3) is 10.0 Å². The van der Waals surface area contributed by atoms with Gasteiger partial charge >= 0.3 is 0 Å². The van der Waals surface area contributed by atoms with Crippen molar-refractivity contribution in [1.82, 2.24) is 9.78 Å². The van der Waals surface area contributed by atoms with E-state index in [4.69, 9.17) is 0 Å². The number of aromatic nitrogens is 2. The van der Waals surface area contributed by atoms with Gasteiger partial charge in [-0.25, -0.2) is 13.1 Å². The van der Waals surface area contributed by atoms with Gasteiger partial charge in [-0.2, -0.15) is 9.49 Å². The summed E-state index contributed by atoms with van der Waals surface area (Å²) >= 11 is 0. The highest BCUT2D eigenvalue weighted by molar-refractivity contribution is 7.92. The Bertz CT molecular complexity index is 800. The van der Waals surface area contributed by atoms with Gasteiger partial charge in [0, 0.05) is 6.54 Å². The van der Waals surface area contributed by atoms with Crippen molar-refractivity contribution < 1.29 is 12.8 Å². The van der Waals surface area contributed by atoms with E-state index in [1.54, 1.807) is 19.1 Å². The van der Waals surface area contributed by atoms with Crippen LogP contribution in [0.1, 0.15) is 44.4 Å². The molecule has 1 atom stereocenters. The third-order valence-corrected chi connectivity index (χ3v) is 5.42. The quantitative estimate of drug-likeness (QED) is 0.873. The SMILES string of the molecule is CCC(C)c1ccccc1NS(=O)(=O)c1c(C)nn(CC)c1F. The zero-order valence-corrected chi connectivity index (χ0v) is 14.6. The molecule has 0 saturated carbocycles. The Morgan fingerprint density at radius 2 is 1.96 bits per heavy atom. The number of nitrogens with zero attached hydrogens (tertiary/aromatic N) is 2. The van der Waals surface area contributed by atoms with E-state index in [9.17, 15) is 12.8 Å². The Labute approximate surface area is 136 Å². The Kier molecular flexibility index (Phi) is 5.09. The summed E-state index contributed by atoms with van der Waals surface area (Å²) in [4.78, 5) is -0.390. The van der Waals surface area contributed by atoms with Crippen molar-refractivity contribution in [3.63, 3.8) is 0 Å². The molecule has 1 unspecified atom stereocenters. The first-order valence-corrected chi connectivity index (χ1v) is 9.14. The summed E-state index contributed by atoms with van der Waals surface area (Å²) in [7, 11) is -4.04. The fraction of sp³-hybridized carbons (Fsp3) is 0.438. The normalized spacial score (nSPS) is 13.1. The fourth-order valence-corrected chi connectivity index (χ4v) is 3.82. The van der Waals surface area contributed by atoms with Crippen LogP contribution >= 0.6 is 0 Å². The van der Waals surface area contributed by atoms with Gasteiger partial charge in [0.1, 0.15) is 0 Å². The first-order valence-electron chi connectivity index (χ1n) is 7.66. The van der Waals surface area contributed by atoms with Crippen LogP contribution in [0.4, 0.5) is 10.1 Å². The molecule has 0 radical (unpaired) electrons. The number of hydrogen-bond acceptors (Lipinski definition) is 3. The van der Waals surface area contributed by atoms with Crippen LogP contribution in [0.2, 0.25) is 0 Å². The molecule has 0 aliphatic rings. The molecular formula is C16H22FN3O2S. The molecule has 0 bridgehead atoms. The average molecular weight is 339 g/mol. The molecule has 0 aliphatic heterocycles. The molecule has 1 heterocycles. The highest BCUT2D eigenvalue weighted by atomic mass is 32.2. The first kappa shape index (κ1) is 17.5. The standard InChI is InChI=1S/C16H22FN3O2S/c1-5-11(3)13-9-7-8-10-14(13)19-23(21,22)15-12(4)18-20(6-2)16(15)17/h7-11,19H,5-6H2,1-4H3. The second-order valence-corrected chi connectivity index (χ2v) is 7.14. The van der Waals surface area contributed by atoms with Crippen molar-refractivity contribution in [3.05, 3.63) is 41.5 Å². The molecule has 1 N–H and O–H groups in total. The number of para-hydroxylation sites is 1. The Morgan fingerprint density at radius 3 is 2.52 bits per heavy atom. The smallest absolute Gasteiger partial charge is 0.268 e. The molecule has 0 aliphatic carbocycles. The number of benzene rings is 1. The van der Waals surface area contributed by atoms with E-state index in [0.717, 1.165) is 16.7 Å². The third-order valence-electron chi connectivity index (χ3n) is 3.93. The Morgan fingerprint density at radius 1 is 1.30 bits per heavy atom. The Hall–Kier alpha value is -1.89. The number of sulfonamides is 1. The summed E-state index contributed by atoms with van der Waals surface area (Å²) in [6, 6.07) is 7.18. The number of hydrogen-bond donors (Lipinski definition) is 1. The van der Waals surface area contributed by atoms with Crippen molar-refractivity contribution in [3.8, 4) is 0 Å². The highest BCUT2D eigenvalue weighted by Gasteiger charge is 2.28. The van der Waals surface area contributed by atoms with Crippen LogP contribution in [-0.4, -0.2) is 18.2 Å². The molecule has 2 aromatic rings. The topological polar surface area (TPSA) is 64.0 Å². The van der Waals surface area contributed by atoms with Gasteiger partial charge in [-0.05, 0) is 37.8 Å². The molecule has 0 saturated heterocycles. The van der Waals surface area contributed by atoms with Crippen LogP contribution in [0.15, 0.2) is 29.2 Å². The van der Waals surface area contributed by atoms with Gasteiger partial charge in [-0.3, -0.25) is 4.72 Å². The van der Waals surface area contributed by atoms with Crippen LogP contribution < -0.4 is 4.72 Å². The van der Waals surface area contributed by atoms with Gasteiger partial charge < -0.3 is 0 Å². The van der Waals surface area contributed by atoms with Gasteiger partial charge in [0.15, 0.2) is 4.90 Å². The van der Waals surface area contributed by atoms with E-state index in [0.29, 0.717) is 5.69 Å². The third kappa shape index (κ3) is 3.39. The minimum atomic E-state index is -4.04. The zero-order valence-electron chi connectivity index (χ0n) is 13.8. The molecule has 0 amide bonds. The van der Waals surface area contributed by atoms with Crippen LogP contribution in [0.5, 0.6) is 0 Å². The predicted octanol–water partition coefficient (Wildman–Crippen LogP) is 3.66. The van der Waals surface area contributed by atoms with E-state index in [1.807, 2.05) is 26.0 Å². The summed E-state index contributed by atoms with van der Waals surface area (Å²) in [6.07, 6.45) is 0.875. The monoisotopic (exact) mass is 339 g/mol. The summed E-state index contributed by atoms with van der Waals surface area (Å²) in [5.74, 6) is -0.642. The maximum Gasteiger partial charge on any atom is 0.268 e. The number of rotatable bonds is 6. The molecule has 7 heteroatoms. The maximum atomic E-state index is 14.3. The second kappa shape index (κ2) is 6.70. The summed E-state index contributed by atoms with van der Waals surface area (Å²) < 4.78 is 43.1. The van der Waals surface area contributed by atoms with Crippen molar-refractivity contribution >= 4 is 15.7 Å². The molecule has 23 heavy (non-hydrogen) atoms. The molecule has 0 spiro atoms. The first-order chi connectivity index (χ1) is 10.8. The van der Waals surface area contributed by atoms with Crippen molar-refractivity contribution in [2.75, 3.05) is 4.72 Å². The molecule has 0 fully saturated rings. The molecule has 1 aromatic heterocycles. The maximum absolute atomic E-state index is 14.3. The number of anilines is 1. The minimum Gasteiger partial charge on any atom is -0.279 e. The summed E-state index contributed by atoms with van der Waals surface area (Å²) in [5.41, 5.74) is 1.52. The molecule has 126 valence electrons. The van der Waals surface area contributed by atoms with E-state index in [-0.39, 0.29) is 18.2 Å². The summed E-state index contributed by atoms with van der Waals surface area (Å²) in [6.45, 7) is 7.52. The van der Waals surface area contributed by atoms with Crippen molar-refractivity contribution in [2.24, 2.45) is 0 Å². The van der Waals surface area contributed by atoms with Gasteiger partial charge in [-0.15, -0.1) is 0 Å².